The van der Waals surface area contributed by atoms with E-state index in [1.807, 2.05) is 6.92 Å². The van der Waals surface area contributed by atoms with E-state index in [4.69, 9.17) is 5.73 Å². The molecule has 0 bridgehead atoms. The second-order valence-electron chi connectivity index (χ2n) is 4.20. The van der Waals surface area contributed by atoms with Gasteiger partial charge in [-0.3, -0.25) is 0 Å². The summed E-state index contributed by atoms with van der Waals surface area (Å²) in [7, 11) is 0. The number of rotatable bonds is 4. The molecule has 82 valence electrons. The molecule has 1 heterocycles. The smallest absolute Gasteiger partial charge is 0.129 e. The van der Waals surface area contributed by atoms with Gasteiger partial charge >= 0.3 is 0 Å². The van der Waals surface area contributed by atoms with Gasteiger partial charge in [0.25, 0.3) is 0 Å². The van der Waals surface area contributed by atoms with E-state index >= 15 is 0 Å². The molecule has 3 heteroatoms. The average Bonchev–Trinajstić information content (AvgIpc) is 3.02. The van der Waals surface area contributed by atoms with Crippen LogP contribution in [0.2, 0.25) is 0 Å². The maximum atomic E-state index is 5.67. The Morgan fingerprint density at radius 3 is 2.73 bits per heavy atom. The highest BCUT2D eigenvalue weighted by Crippen LogP contribution is 2.30. The molecule has 1 fully saturated rings. The molecule has 0 unspecified atom stereocenters. The zero-order chi connectivity index (χ0) is 10.8. The van der Waals surface area contributed by atoms with E-state index in [2.05, 4.69) is 28.9 Å². The summed E-state index contributed by atoms with van der Waals surface area (Å²) in [5.74, 6) is 1.10. The number of aromatic nitrogens is 1. The van der Waals surface area contributed by atoms with Crippen LogP contribution in [0.5, 0.6) is 0 Å². The normalized spacial score (nSPS) is 15.4. The third-order valence-corrected chi connectivity index (χ3v) is 2.86. The van der Waals surface area contributed by atoms with Gasteiger partial charge < -0.3 is 10.6 Å². The SMILES string of the molecule is CCN(c1cc(CN)cc(C)n1)C1CC1. The van der Waals surface area contributed by atoms with Crippen LogP contribution in [0.3, 0.4) is 0 Å². The average molecular weight is 205 g/mol. The standard InChI is InChI=1S/C12H19N3/c1-3-15(11-4-5-11)12-7-10(8-13)6-9(2)14-12/h6-7,11H,3-5,8,13H2,1-2H3. The summed E-state index contributed by atoms with van der Waals surface area (Å²) in [5, 5.41) is 0. The Morgan fingerprint density at radius 2 is 2.20 bits per heavy atom. The van der Waals surface area contributed by atoms with Crippen LogP contribution in [0.25, 0.3) is 0 Å². The Bertz CT molecular complexity index is 345. The van der Waals surface area contributed by atoms with Gasteiger partial charge in [0.1, 0.15) is 5.82 Å². The van der Waals surface area contributed by atoms with E-state index in [9.17, 15) is 0 Å². The lowest BCUT2D eigenvalue weighted by molar-refractivity contribution is 0.802. The predicted octanol–water partition coefficient (Wildman–Crippen LogP) is 1.84. The molecule has 1 aromatic rings. The van der Waals surface area contributed by atoms with Gasteiger partial charge in [0.05, 0.1) is 0 Å². The first kappa shape index (κ1) is 10.4. The fraction of sp³-hybridized carbons (Fsp3) is 0.583. The topological polar surface area (TPSA) is 42.1 Å². The number of hydrogen-bond acceptors (Lipinski definition) is 3. The van der Waals surface area contributed by atoms with Gasteiger partial charge in [0, 0.05) is 24.8 Å². The van der Waals surface area contributed by atoms with Crippen LogP contribution in [-0.4, -0.2) is 17.6 Å². The lowest BCUT2D eigenvalue weighted by Gasteiger charge is -2.22. The van der Waals surface area contributed by atoms with Crippen LogP contribution in [0.15, 0.2) is 12.1 Å². The number of anilines is 1. The Hall–Kier alpha value is -1.09. The second-order valence-corrected chi connectivity index (χ2v) is 4.20. The van der Waals surface area contributed by atoms with Crippen molar-refractivity contribution < 1.29 is 0 Å². The van der Waals surface area contributed by atoms with Gasteiger partial charge in [0.15, 0.2) is 0 Å². The van der Waals surface area contributed by atoms with E-state index in [1.54, 1.807) is 0 Å². The molecule has 1 saturated carbocycles. The van der Waals surface area contributed by atoms with Crippen LogP contribution in [-0.2, 0) is 6.54 Å². The molecule has 2 rings (SSSR count). The molecule has 3 nitrogen and oxygen atoms in total. The predicted molar refractivity (Wildman–Crippen MR) is 62.9 cm³/mol. The molecule has 1 aromatic heterocycles. The van der Waals surface area contributed by atoms with Crippen molar-refractivity contribution in [2.45, 2.75) is 39.3 Å². The molecular weight excluding hydrogens is 186 g/mol. The second kappa shape index (κ2) is 4.19. The molecule has 0 saturated heterocycles. The summed E-state index contributed by atoms with van der Waals surface area (Å²) in [4.78, 5) is 6.97. The summed E-state index contributed by atoms with van der Waals surface area (Å²) in [6.45, 7) is 5.84. The Balaban J connectivity index is 2.28. The first-order chi connectivity index (χ1) is 7.24. The monoisotopic (exact) mass is 205 g/mol. The van der Waals surface area contributed by atoms with E-state index < -0.39 is 0 Å². The summed E-state index contributed by atoms with van der Waals surface area (Å²) in [6, 6.07) is 4.90. The molecule has 0 amide bonds. The summed E-state index contributed by atoms with van der Waals surface area (Å²) < 4.78 is 0. The fourth-order valence-corrected chi connectivity index (χ4v) is 1.98. The molecule has 0 aliphatic heterocycles. The van der Waals surface area contributed by atoms with Gasteiger partial charge in [-0.2, -0.15) is 0 Å². The molecule has 15 heavy (non-hydrogen) atoms. The van der Waals surface area contributed by atoms with Crippen molar-refractivity contribution in [3.63, 3.8) is 0 Å². The van der Waals surface area contributed by atoms with Crippen molar-refractivity contribution in [3.05, 3.63) is 23.4 Å². The number of hydrogen-bond donors (Lipinski definition) is 1. The fourth-order valence-electron chi connectivity index (χ4n) is 1.98. The van der Waals surface area contributed by atoms with E-state index in [0.29, 0.717) is 6.54 Å². The van der Waals surface area contributed by atoms with Gasteiger partial charge in [-0.15, -0.1) is 0 Å². The number of aryl methyl sites for hydroxylation is 1. The first-order valence-corrected chi connectivity index (χ1v) is 5.69. The van der Waals surface area contributed by atoms with E-state index in [1.165, 1.54) is 18.4 Å². The first-order valence-electron chi connectivity index (χ1n) is 5.69. The summed E-state index contributed by atoms with van der Waals surface area (Å²) >= 11 is 0. The van der Waals surface area contributed by atoms with Gasteiger partial charge in [-0.1, -0.05) is 0 Å². The largest absolute Gasteiger partial charge is 0.354 e. The molecule has 2 N–H and O–H groups in total. The van der Waals surface area contributed by atoms with Crippen LogP contribution in [0, 0.1) is 6.92 Å². The molecule has 0 radical (unpaired) electrons. The summed E-state index contributed by atoms with van der Waals surface area (Å²) in [5.41, 5.74) is 7.91. The lowest BCUT2D eigenvalue weighted by atomic mass is 10.2. The van der Waals surface area contributed by atoms with Crippen molar-refractivity contribution in [2.24, 2.45) is 5.73 Å². The zero-order valence-electron chi connectivity index (χ0n) is 9.53. The van der Waals surface area contributed by atoms with Crippen LogP contribution < -0.4 is 10.6 Å². The molecule has 1 aliphatic rings. The Kier molecular flexibility index (Phi) is 2.91. The molecule has 0 spiro atoms. The van der Waals surface area contributed by atoms with E-state index in [0.717, 1.165) is 24.1 Å². The number of nitrogens with zero attached hydrogens (tertiary/aromatic N) is 2. The Morgan fingerprint density at radius 1 is 1.47 bits per heavy atom. The van der Waals surface area contributed by atoms with Crippen molar-refractivity contribution in [1.29, 1.82) is 0 Å². The van der Waals surface area contributed by atoms with Crippen molar-refractivity contribution >= 4 is 5.82 Å². The maximum Gasteiger partial charge on any atom is 0.129 e. The van der Waals surface area contributed by atoms with Gasteiger partial charge in [0.2, 0.25) is 0 Å². The summed E-state index contributed by atoms with van der Waals surface area (Å²) in [6.07, 6.45) is 2.61. The van der Waals surface area contributed by atoms with Crippen LogP contribution in [0.1, 0.15) is 31.0 Å². The highest BCUT2D eigenvalue weighted by molar-refractivity contribution is 5.44. The van der Waals surface area contributed by atoms with Crippen LogP contribution in [0.4, 0.5) is 5.82 Å². The van der Waals surface area contributed by atoms with Gasteiger partial charge in [-0.25, -0.2) is 4.98 Å². The lowest BCUT2D eigenvalue weighted by Crippen LogP contribution is -2.26. The molecule has 0 aromatic carbocycles. The molecule has 0 atom stereocenters. The quantitative estimate of drug-likeness (QED) is 0.815. The molecular formula is C12H19N3. The van der Waals surface area contributed by atoms with Crippen molar-refractivity contribution in [1.82, 2.24) is 4.98 Å². The molecule has 1 aliphatic carbocycles. The highest BCUT2D eigenvalue weighted by Gasteiger charge is 2.28. The van der Waals surface area contributed by atoms with Crippen molar-refractivity contribution in [3.8, 4) is 0 Å². The number of nitrogens with two attached hydrogens (primary N) is 1. The highest BCUT2D eigenvalue weighted by atomic mass is 15.2. The Labute approximate surface area is 91.3 Å². The zero-order valence-corrected chi connectivity index (χ0v) is 9.53. The van der Waals surface area contributed by atoms with Crippen molar-refractivity contribution in [2.75, 3.05) is 11.4 Å². The maximum absolute atomic E-state index is 5.67. The third-order valence-electron chi connectivity index (χ3n) is 2.86. The van der Waals surface area contributed by atoms with Crippen LogP contribution >= 0.6 is 0 Å². The minimum atomic E-state index is 0.596. The number of pyridine rings is 1. The minimum Gasteiger partial charge on any atom is -0.354 e. The third kappa shape index (κ3) is 2.29. The minimum absolute atomic E-state index is 0.596. The van der Waals surface area contributed by atoms with E-state index in [-0.39, 0.29) is 0 Å². The van der Waals surface area contributed by atoms with Gasteiger partial charge in [-0.05, 0) is 44.4 Å².